The normalized spacial score (nSPS) is 13.7. The van der Waals surface area contributed by atoms with Gasteiger partial charge in [0.15, 0.2) is 0 Å². The Kier molecular flexibility index (Phi) is 7.54. The zero-order valence-corrected chi connectivity index (χ0v) is 17.7. The molecule has 1 heterocycles. The van der Waals surface area contributed by atoms with Gasteiger partial charge in [0.25, 0.3) is 5.91 Å². The lowest BCUT2D eigenvalue weighted by atomic mass is 10.2. The lowest BCUT2D eigenvalue weighted by molar-refractivity contribution is -0.131. The minimum Gasteiger partial charge on any atom is -0.445 e. The van der Waals surface area contributed by atoms with Crippen LogP contribution in [0.2, 0.25) is 10.0 Å². The van der Waals surface area contributed by atoms with Gasteiger partial charge in [0, 0.05) is 41.8 Å². The van der Waals surface area contributed by atoms with E-state index in [-0.39, 0.29) is 25.0 Å². The second-order valence-electron chi connectivity index (χ2n) is 6.75. The number of hydrogen-bond donors (Lipinski definition) is 1. The Balaban J connectivity index is 1.41. The van der Waals surface area contributed by atoms with E-state index in [4.69, 9.17) is 27.9 Å². The van der Waals surface area contributed by atoms with Gasteiger partial charge in [0.05, 0.1) is 0 Å². The van der Waals surface area contributed by atoms with Gasteiger partial charge in [-0.3, -0.25) is 9.59 Å². The minimum absolute atomic E-state index is 0.134. The van der Waals surface area contributed by atoms with Gasteiger partial charge >= 0.3 is 6.09 Å². The smallest absolute Gasteiger partial charge is 0.407 e. The van der Waals surface area contributed by atoms with Crippen LogP contribution in [0, 0.1) is 0 Å². The van der Waals surface area contributed by atoms with Crippen LogP contribution < -0.4 is 5.32 Å². The molecule has 0 saturated carbocycles. The van der Waals surface area contributed by atoms with Gasteiger partial charge in [-0.05, 0) is 23.8 Å². The lowest BCUT2D eigenvalue weighted by Crippen LogP contribution is -2.52. The van der Waals surface area contributed by atoms with Crippen molar-refractivity contribution in [3.8, 4) is 0 Å². The first-order valence-electron chi connectivity index (χ1n) is 9.40. The first-order chi connectivity index (χ1) is 14.4. The van der Waals surface area contributed by atoms with Crippen molar-refractivity contribution >= 4 is 41.1 Å². The number of halogens is 2. The molecule has 1 N–H and O–H groups in total. The van der Waals surface area contributed by atoms with E-state index in [2.05, 4.69) is 5.32 Å². The van der Waals surface area contributed by atoms with E-state index in [0.717, 1.165) is 5.56 Å². The second-order valence-corrected chi connectivity index (χ2v) is 7.62. The molecule has 0 bridgehead atoms. The van der Waals surface area contributed by atoms with E-state index >= 15 is 0 Å². The molecule has 2 aromatic carbocycles. The summed E-state index contributed by atoms with van der Waals surface area (Å²) in [6.45, 7) is 1.49. The van der Waals surface area contributed by atoms with Gasteiger partial charge in [-0.1, -0.05) is 53.5 Å². The van der Waals surface area contributed by atoms with Crippen LogP contribution >= 0.6 is 23.2 Å². The minimum atomic E-state index is -0.654. The maximum Gasteiger partial charge on any atom is 0.407 e. The topological polar surface area (TPSA) is 79.0 Å². The Labute approximate surface area is 184 Å². The number of nitrogens with zero attached hydrogens (tertiary/aromatic N) is 2. The zero-order chi connectivity index (χ0) is 21.5. The summed E-state index contributed by atoms with van der Waals surface area (Å²) in [7, 11) is 0. The monoisotopic (exact) mass is 449 g/mol. The number of alkyl carbamates (subject to hydrolysis) is 1. The molecule has 1 saturated heterocycles. The molecule has 0 unspecified atom stereocenters. The predicted octanol–water partition coefficient (Wildman–Crippen LogP) is 3.20. The molecule has 1 aliphatic rings. The number of carbonyl (C=O) groups is 3. The number of rotatable bonds is 5. The number of carbonyl (C=O) groups excluding carboxylic acids is 3. The Morgan fingerprint density at radius 1 is 0.900 bits per heavy atom. The number of piperazine rings is 1. The second kappa shape index (κ2) is 10.3. The maximum atomic E-state index is 12.6. The summed E-state index contributed by atoms with van der Waals surface area (Å²) in [5.41, 5.74) is 1.27. The van der Waals surface area contributed by atoms with Gasteiger partial charge in [-0.15, -0.1) is 0 Å². The Hall–Kier alpha value is -2.77. The highest BCUT2D eigenvalue weighted by Gasteiger charge is 2.25. The van der Waals surface area contributed by atoms with Crippen molar-refractivity contribution in [2.75, 3.05) is 32.7 Å². The van der Waals surface area contributed by atoms with Crippen molar-refractivity contribution in [3.63, 3.8) is 0 Å². The van der Waals surface area contributed by atoms with E-state index < -0.39 is 6.09 Å². The fourth-order valence-corrected chi connectivity index (χ4v) is 3.58. The van der Waals surface area contributed by atoms with E-state index in [0.29, 0.717) is 41.8 Å². The van der Waals surface area contributed by atoms with Crippen molar-refractivity contribution in [3.05, 3.63) is 69.7 Å². The summed E-state index contributed by atoms with van der Waals surface area (Å²) in [5.74, 6) is -0.418. The Morgan fingerprint density at radius 3 is 2.13 bits per heavy atom. The number of hydrogen-bond acceptors (Lipinski definition) is 4. The Bertz CT molecular complexity index is 895. The molecule has 0 radical (unpaired) electrons. The van der Waals surface area contributed by atoms with Crippen molar-refractivity contribution in [1.82, 2.24) is 15.1 Å². The molecular weight excluding hydrogens is 429 g/mol. The highest BCUT2D eigenvalue weighted by Crippen LogP contribution is 2.20. The van der Waals surface area contributed by atoms with E-state index in [9.17, 15) is 14.4 Å². The molecule has 0 aliphatic carbocycles. The average Bonchev–Trinajstić information content (AvgIpc) is 2.75. The number of ether oxygens (including phenoxy) is 1. The van der Waals surface area contributed by atoms with Crippen LogP contribution in [0.15, 0.2) is 48.5 Å². The van der Waals surface area contributed by atoms with Gasteiger partial charge in [-0.25, -0.2) is 4.79 Å². The first-order valence-corrected chi connectivity index (χ1v) is 10.2. The van der Waals surface area contributed by atoms with Crippen LogP contribution in [0.3, 0.4) is 0 Å². The summed E-state index contributed by atoms with van der Waals surface area (Å²) in [5, 5.41) is 3.25. The number of nitrogens with one attached hydrogen (secondary N) is 1. The number of amides is 3. The van der Waals surface area contributed by atoms with Crippen LogP contribution in [0.5, 0.6) is 0 Å². The first kappa shape index (κ1) is 21.9. The molecule has 7 nitrogen and oxygen atoms in total. The fraction of sp³-hybridized carbons (Fsp3) is 0.286. The van der Waals surface area contributed by atoms with Crippen LogP contribution in [0.25, 0.3) is 0 Å². The zero-order valence-electron chi connectivity index (χ0n) is 16.1. The third kappa shape index (κ3) is 6.11. The summed E-state index contributed by atoms with van der Waals surface area (Å²) >= 11 is 11.9. The molecule has 30 heavy (non-hydrogen) atoms. The quantitative estimate of drug-likeness (QED) is 0.759. The molecule has 3 rings (SSSR count). The summed E-state index contributed by atoms with van der Waals surface area (Å²) in [4.78, 5) is 40.0. The van der Waals surface area contributed by atoms with Crippen LogP contribution in [-0.4, -0.2) is 60.4 Å². The van der Waals surface area contributed by atoms with Gasteiger partial charge < -0.3 is 19.9 Å². The highest BCUT2D eigenvalue weighted by atomic mass is 35.5. The molecule has 3 amide bonds. The Morgan fingerprint density at radius 2 is 1.50 bits per heavy atom. The molecule has 2 aromatic rings. The average molecular weight is 450 g/mol. The maximum absolute atomic E-state index is 12.6. The molecular formula is C21H21Cl2N3O4. The number of benzene rings is 2. The van der Waals surface area contributed by atoms with Crippen molar-refractivity contribution in [2.45, 2.75) is 6.61 Å². The molecule has 0 atom stereocenters. The molecule has 158 valence electrons. The molecule has 1 aliphatic heterocycles. The predicted molar refractivity (Wildman–Crippen MR) is 114 cm³/mol. The summed E-state index contributed by atoms with van der Waals surface area (Å²) in [6.07, 6.45) is -0.654. The molecule has 0 aromatic heterocycles. The molecule has 0 spiro atoms. The third-order valence-corrected chi connectivity index (χ3v) is 5.06. The standard InChI is InChI=1S/C21H21Cl2N3O4/c22-17-10-16(11-18(23)12-17)20(28)26-8-6-25(7-9-26)19(27)13-24-21(29)30-14-15-4-2-1-3-5-15/h1-5,10-12H,6-9,13-14H2,(H,24,29). The van der Waals surface area contributed by atoms with Gasteiger partial charge in [-0.2, -0.15) is 0 Å². The van der Waals surface area contributed by atoms with Crippen molar-refractivity contribution in [2.24, 2.45) is 0 Å². The fourth-order valence-electron chi connectivity index (χ4n) is 3.05. The molecule has 1 fully saturated rings. The largest absolute Gasteiger partial charge is 0.445 e. The SMILES string of the molecule is O=C(NCC(=O)N1CCN(C(=O)c2cc(Cl)cc(Cl)c2)CC1)OCc1ccccc1. The summed E-state index contributed by atoms with van der Waals surface area (Å²) in [6, 6.07) is 14.0. The van der Waals surface area contributed by atoms with E-state index in [1.54, 1.807) is 28.0 Å². The summed E-state index contributed by atoms with van der Waals surface area (Å²) < 4.78 is 5.09. The van der Waals surface area contributed by atoms with E-state index in [1.165, 1.54) is 0 Å². The lowest BCUT2D eigenvalue weighted by Gasteiger charge is -2.34. The van der Waals surface area contributed by atoms with Crippen LogP contribution in [0.1, 0.15) is 15.9 Å². The van der Waals surface area contributed by atoms with Crippen molar-refractivity contribution in [1.29, 1.82) is 0 Å². The van der Waals surface area contributed by atoms with Crippen molar-refractivity contribution < 1.29 is 19.1 Å². The highest BCUT2D eigenvalue weighted by molar-refractivity contribution is 6.35. The van der Waals surface area contributed by atoms with Crippen LogP contribution in [-0.2, 0) is 16.1 Å². The third-order valence-electron chi connectivity index (χ3n) is 4.63. The van der Waals surface area contributed by atoms with Crippen LogP contribution in [0.4, 0.5) is 4.79 Å². The van der Waals surface area contributed by atoms with E-state index in [1.807, 2.05) is 30.3 Å². The van der Waals surface area contributed by atoms with Gasteiger partial charge in [0.1, 0.15) is 13.2 Å². The van der Waals surface area contributed by atoms with Gasteiger partial charge in [0.2, 0.25) is 5.91 Å². The molecule has 9 heteroatoms.